The SMILES string of the molecule is COc1cccc(C(C)Nc2cc(-c3cc4ccccc4n3C)nc(C)n2)c1. The number of ether oxygens (including phenoxy) is 1. The van der Waals surface area contributed by atoms with E-state index in [2.05, 4.69) is 70.2 Å². The summed E-state index contributed by atoms with van der Waals surface area (Å²) in [5, 5.41) is 4.70. The number of anilines is 1. The fraction of sp³-hybridized carbons (Fsp3) is 0.217. The molecule has 0 aliphatic heterocycles. The summed E-state index contributed by atoms with van der Waals surface area (Å²) in [5.74, 6) is 2.40. The standard InChI is InChI=1S/C23H24N4O/c1-15(17-9-7-10-19(12-17)28-4)24-23-14-20(25-16(2)26-23)22-13-18-8-5-6-11-21(18)27(22)3/h5-15H,1-4H3,(H,24,25,26). The Hall–Kier alpha value is -3.34. The number of hydrogen-bond donors (Lipinski definition) is 1. The Kier molecular flexibility index (Phi) is 4.74. The van der Waals surface area contributed by atoms with Gasteiger partial charge >= 0.3 is 0 Å². The zero-order chi connectivity index (χ0) is 19.7. The Morgan fingerprint density at radius 3 is 2.61 bits per heavy atom. The topological polar surface area (TPSA) is 52.0 Å². The molecule has 4 aromatic rings. The van der Waals surface area contributed by atoms with Gasteiger partial charge in [-0.2, -0.15) is 0 Å². The molecule has 2 aromatic carbocycles. The molecule has 0 fully saturated rings. The van der Waals surface area contributed by atoms with E-state index in [-0.39, 0.29) is 6.04 Å². The Morgan fingerprint density at radius 1 is 1.00 bits per heavy atom. The summed E-state index contributed by atoms with van der Waals surface area (Å²) in [7, 11) is 3.75. The van der Waals surface area contributed by atoms with Gasteiger partial charge in [0.25, 0.3) is 0 Å². The van der Waals surface area contributed by atoms with Crippen molar-refractivity contribution in [2.45, 2.75) is 19.9 Å². The minimum absolute atomic E-state index is 0.0877. The monoisotopic (exact) mass is 372 g/mol. The third-order valence-electron chi connectivity index (χ3n) is 5.01. The number of para-hydroxylation sites is 1. The molecule has 2 heterocycles. The number of nitrogens with zero attached hydrogens (tertiary/aromatic N) is 3. The third-order valence-corrected chi connectivity index (χ3v) is 5.01. The zero-order valence-corrected chi connectivity index (χ0v) is 16.6. The molecule has 0 aliphatic rings. The highest BCUT2D eigenvalue weighted by Gasteiger charge is 2.13. The van der Waals surface area contributed by atoms with Crippen molar-refractivity contribution in [3.8, 4) is 17.1 Å². The maximum Gasteiger partial charge on any atom is 0.130 e. The number of methoxy groups -OCH3 is 1. The summed E-state index contributed by atoms with van der Waals surface area (Å²) >= 11 is 0. The highest BCUT2D eigenvalue weighted by molar-refractivity contribution is 5.86. The molecule has 5 nitrogen and oxygen atoms in total. The van der Waals surface area contributed by atoms with Crippen molar-refractivity contribution < 1.29 is 4.74 Å². The highest BCUT2D eigenvalue weighted by Crippen LogP contribution is 2.28. The second-order valence-electron chi connectivity index (χ2n) is 6.98. The molecule has 0 spiro atoms. The van der Waals surface area contributed by atoms with Gasteiger partial charge in [-0.3, -0.25) is 0 Å². The van der Waals surface area contributed by atoms with Crippen LogP contribution in [0.1, 0.15) is 24.4 Å². The van der Waals surface area contributed by atoms with E-state index >= 15 is 0 Å². The Morgan fingerprint density at radius 2 is 1.82 bits per heavy atom. The highest BCUT2D eigenvalue weighted by atomic mass is 16.5. The van der Waals surface area contributed by atoms with Crippen LogP contribution in [0, 0.1) is 6.92 Å². The number of benzene rings is 2. The number of nitrogens with one attached hydrogen (secondary N) is 1. The first-order valence-corrected chi connectivity index (χ1v) is 9.36. The van der Waals surface area contributed by atoms with Crippen LogP contribution in [-0.2, 0) is 7.05 Å². The van der Waals surface area contributed by atoms with E-state index in [0.29, 0.717) is 0 Å². The van der Waals surface area contributed by atoms with Crippen molar-refractivity contribution in [1.82, 2.24) is 14.5 Å². The van der Waals surface area contributed by atoms with Crippen molar-refractivity contribution in [3.05, 3.63) is 72.1 Å². The van der Waals surface area contributed by atoms with Crippen molar-refractivity contribution in [1.29, 1.82) is 0 Å². The number of aryl methyl sites for hydroxylation is 2. The Balaban J connectivity index is 1.67. The first-order chi connectivity index (χ1) is 13.5. The van der Waals surface area contributed by atoms with Crippen LogP contribution in [0.5, 0.6) is 5.75 Å². The summed E-state index contributed by atoms with van der Waals surface area (Å²) in [6, 6.07) is 20.7. The molecular formula is C23H24N4O. The van der Waals surface area contributed by atoms with E-state index in [1.807, 2.05) is 31.2 Å². The molecule has 142 valence electrons. The van der Waals surface area contributed by atoms with Crippen molar-refractivity contribution in [3.63, 3.8) is 0 Å². The number of rotatable bonds is 5. The van der Waals surface area contributed by atoms with Gasteiger partial charge in [-0.1, -0.05) is 30.3 Å². The summed E-state index contributed by atoms with van der Waals surface area (Å²) < 4.78 is 7.51. The van der Waals surface area contributed by atoms with E-state index < -0.39 is 0 Å². The number of aromatic nitrogens is 3. The van der Waals surface area contributed by atoms with Gasteiger partial charge in [-0.25, -0.2) is 9.97 Å². The molecular weight excluding hydrogens is 348 g/mol. The second-order valence-corrected chi connectivity index (χ2v) is 6.98. The molecule has 0 saturated heterocycles. The minimum atomic E-state index is 0.0877. The van der Waals surface area contributed by atoms with Crippen LogP contribution in [0.4, 0.5) is 5.82 Å². The van der Waals surface area contributed by atoms with Gasteiger partial charge in [-0.05, 0) is 43.7 Å². The number of fused-ring (bicyclic) bond motifs is 1. The molecule has 0 aliphatic carbocycles. The summed E-state index contributed by atoms with van der Waals surface area (Å²) in [6.07, 6.45) is 0. The molecule has 0 bridgehead atoms. The van der Waals surface area contributed by atoms with Gasteiger partial charge in [0.05, 0.1) is 24.5 Å². The van der Waals surface area contributed by atoms with Gasteiger partial charge in [0.2, 0.25) is 0 Å². The van der Waals surface area contributed by atoms with E-state index in [1.54, 1.807) is 7.11 Å². The van der Waals surface area contributed by atoms with Gasteiger partial charge in [-0.15, -0.1) is 0 Å². The number of hydrogen-bond acceptors (Lipinski definition) is 4. The first kappa shape index (κ1) is 18.0. The van der Waals surface area contributed by atoms with Crippen LogP contribution in [0.25, 0.3) is 22.3 Å². The van der Waals surface area contributed by atoms with Crippen molar-refractivity contribution in [2.75, 3.05) is 12.4 Å². The van der Waals surface area contributed by atoms with Gasteiger partial charge in [0, 0.05) is 24.0 Å². The van der Waals surface area contributed by atoms with E-state index in [1.165, 1.54) is 10.9 Å². The lowest BCUT2D eigenvalue weighted by atomic mass is 10.1. The van der Waals surface area contributed by atoms with Crippen LogP contribution in [0.2, 0.25) is 0 Å². The molecule has 1 atom stereocenters. The molecule has 28 heavy (non-hydrogen) atoms. The molecule has 4 rings (SSSR count). The second kappa shape index (κ2) is 7.35. The van der Waals surface area contributed by atoms with Gasteiger partial charge in [0.15, 0.2) is 0 Å². The largest absolute Gasteiger partial charge is 0.497 e. The fourth-order valence-corrected chi connectivity index (χ4v) is 3.52. The van der Waals surface area contributed by atoms with Crippen molar-refractivity contribution >= 4 is 16.7 Å². The first-order valence-electron chi connectivity index (χ1n) is 9.36. The van der Waals surface area contributed by atoms with Crippen molar-refractivity contribution in [2.24, 2.45) is 7.05 Å². The van der Waals surface area contributed by atoms with E-state index in [0.717, 1.165) is 34.3 Å². The maximum absolute atomic E-state index is 5.34. The zero-order valence-electron chi connectivity index (χ0n) is 16.6. The molecule has 1 N–H and O–H groups in total. The predicted octanol–water partition coefficient (Wildman–Crippen LogP) is 5.13. The molecule has 0 saturated carbocycles. The summed E-state index contributed by atoms with van der Waals surface area (Å²) in [4.78, 5) is 9.26. The molecule has 0 amide bonds. The average Bonchev–Trinajstić information content (AvgIpc) is 3.04. The molecule has 2 aromatic heterocycles. The summed E-state index contributed by atoms with van der Waals surface area (Å²) in [5.41, 5.74) is 4.31. The normalized spacial score (nSPS) is 12.1. The molecule has 5 heteroatoms. The Labute approximate surface area is 165 Å². The maximum atomic E-state index is 5.34. The Bertz CT molecular complexity index is 1130. The quantitative estimate of drug-likeness (QED) is 0.528. The smallest absolute Gasteiger partial charge is 0.130 e. The molecule has 1 unspecified atom stereocenters. The average molecular weight is 372 g/mol. The lowest BCUT2D eigenvalue weighted by Crippen LogP contribution is -2.09. The minimum Gasteiger partial charge on any atom is -0.497 e. The van der Waals surface area contributed by atoms with Crippen LogP contribution in [0.15, 0.2) is 60.7 Å². The summed E-state index contributed by atoms with van der Waals surface area (Å²) in [6.45, 7) is 4.04. The fourth-order valence-electron chi connectivity index (χ4n) is 3.52. The van der Waals surface area contributed by atoms with E-state index in [9.17, 15) is 0 Å². The van der Waals surface area contributed by atoms with Gasteiger partial charge < -0.3 is 14.6 Å². The third kappa shape index (κ3) is 3.43. The predicted molar refractivity (Wildman–Crippen MR) is 114 cm³/mol. The van der Waals surface area contributed by atoms with Crippen LogP contribution in [0.3, 0.4) is 0 Å². The lowest BCUT2D eigenvalue weighted by molar-refractivity contribution is 0.414. The van der Waals surface area contributed by atoms with Crippen LogP contribution < -0.4 is 10.1 Å². The van der Waals surface area contributed by atoms with Gasteiger partial charge in [0.1, 0.15) is 17.4 Å². The molecule has 0 radical (unpaired) electrons. The lowest BCUT2D eigenvalue weighted by Gasteiger charge is -2.17. The van der Waals surface area contributed by atoms with Crippen LogP contribution >= 0.6 is 0 Å². The van der Waals surface area contributed by atoms with E-state index in [4.69, 9.17) is 4.74 Å². The van der Waals surface area contributed by atoms with Crippen LogP contribution in [-0.4, -0.2) is 21.6 Å².